The van der Waals surface area contributed by atoms with Crippen LogP contribution in [-0.4, -0.2) is 9.97 Å². The van der Waals surface area contributed by atoms with Gasteiger partial charge >= 0.3 is 0 Å². The van der Waals surface area contributed by atoms with Crippen LogP contribution in [0.5, 0.6) is 0 Å². The molecule has 0 fully saturated rings. The minimum atomic E-state index is -0.577. The van der Waals surface area contributed by atoms with E-state index in [0.717, 1.165) is 39.2 Å². The van der Waals surface area contributed by atoms with Gasteiger partial charge in [-0.2, -0.15) is 0 Å². The van der Waals surface area contributed by atoms with Crippen molar-refractivity contribution in [2.45, 2.75) is 5.41 Å². The smallest absolute Gasteiger partial charge is 0.160 e. The SMILES string of the molecule is c1ccc(-c2nc(-c3ccc(-c4ccc(-c5ccc(-c6c7ccccc7cc7c6ccc6ccccc67)cc5)cc4)cc3)cc(-c3cccc4c3C(c3ccccc3)(c3ccccc3)c3ccccc3-4)n2)cc1. The highest BCUT2D eigenvalue weighted by Gasteiger charge is 2.47. The number of hydrogen-bond donors (Lipinski definition) is 0. The Balaban J connectivity index is 0.819. The van der Waals surface area contributed by atoms with Gasteiger partial charge in [-0.3, -0.25) is 0 Å². The molecule has 0 saturated carbocycles. The number of fused-ring (bicyclic) bond motifs is 7. The number of aromatic nitrogens is 2. The van der Waals surface area contributed by atoms with Gasteiger partial charge < -0.3 is 0 Å². The van der Waals surface area contributed by atoms with Crippen LogP contribution in [0.4, 0.5) is 0 Å². The predicted octanol–water partition coefficient (Wildman–Crippen LogP) is 18.3. The summed E-state index contributed by atoms with van der Waals surface area (Å²) in [5.41, 5.74) is 18.9. The molecule has 2 heteroatoms. The molecule has 14 rings (SSSR count). The lowest BCUT2D eigenvalue weighted by molar-refractivity contribution is 0.769. The molecule has 0 spiro atoms. The van der Waals surface area contributed by atoms with Crippen molar-refractivity contribution in [1.82, 2.24) is 9.97 Å². The van der Waals surface area contributed by atoms with Crippen LogP contribution in [0.2, 0.25) is 0 Å². The third-order valence-electron chi connectivity index (χ3n) is 15.2. The van der Waals surface area contributed by atoms with Crippen molar-refractivity contribution in [1.29, 1.82) is 0 Å². The molecule has 340 valence electrons. The van der Waals surface area contributed by atoms with Crippen molar-refractivity contribution in [2.24, 2.45) is 0 Å². The van der Waals surface area contributed by atoms with E-state index >= 15 is 0 Å². The zero-order valence-corrected chi connectivity index (χ0v) is 40.0. The molecule has 2 nitrogen and oxygen atoms in total. The zero-order valence-electron chi connectivity index (χ0n) is 40.0. The molecular weight excluding hydrogens is 881 g/mol. The van der Waals surface area contributed by atoms with Gasteiger partial charge in [-0.25, -0.2) is 9.97 Å². The van der Waals surface area contributed by atoms with Crippen LogP contribution in [0.1, 0.15) is 22.3 Å². The molecule has 1 aromatic heterocycles. The van der Waals surface area contributed by atoms with E-state index in [9.17, 15) is 0 Å². The van der Waals surface area contributed by atoms with Gasteiger partial charge in [0.25, 0.3) is 0 Å². The molecule has 13 aromatic rings. The minimum absolute atomic E-state index is 0.577. The molecule has 0 bridgehead atoms. The van der Waals surface area contributed by atoms with Crippen molar-refractivity contribution in [2.75, 3.05) is 0 Å². The first-order chi connectivity index (χ1) is 36.2. The highest BCUT2D eigenvalue weighted by atomic mass is 14.9. The van der Waals surface area contributed by atoms with Gasteiger partial charge in [0.15, 0.2) is 5.82 Å². The van der Waals surface area contributed by atoms with Crippen molar-refractivity contribution >= 4 is 32.3 Å². The second-order valence-corrected chi connectivity index (χ2v) is 19.2. The van der Waals surface area contributed by atoms with Gasteiger partial charge in [0.05, 0.1) is 16.8 Å². The monoisotopic (exact) mass is 926 g/mol. The van der Waals surface area contributed by atoms with E-state index in [-0.39, 0.29) is 0 Å². The molecule has 0 aliphatic heterocycles. The number of rotatable bonds is 8. The summed E-state index contributed by atoms with van der Waals surface area (Å²) in [4.78, 5) is 10.7. The summed E-state index contributed by atoms with van der Waals surface area (Å²) in [5, 5.41) is 7.63. The number of nitrogens with zero attached hydrogens (tertiary/aromatic N) is 2. The van der Waals surface area contributed by atoms with Gasteiger partial charge in [-0.15, -0.1) is 0 Å². The van der Waals surface area contributed by atoms with Gasteiger partial charge in [0, 0.05) is 16.7 Å². The van der Waals surface area contributed by atoms with Crippen LogP contribution in [0.15, 0.2) is 279 Å². The summed E-state index contributed by atoms with van der Waals surface area (Å²) in [5.74, 6) is 0.693. The first-order valence-electron chi connectivity index (χ1n) is 25.1. The topological polar surface area (TPSA) is 25.8 Å². The zero-order chi connectivity index (χ0) is 48.3. The lowest BCUT2D eigenvalue weighted by atomic mass is 9.66. The lowest BCUT2D eigenvalue weighted by Gasteiger charge is -2.35. The fourth-order valence-corrected chi connectivity index (χ4v) is 11.8. The fraction of sp³-hybridized carbons (Fsp3) is 0.0141. The van der Waals surface area contributed by atoms with Crippen molar-refractivity contribution < 1.29 is 0 Å². The quantitative estimate of drug-likeness (QED) is 0.112. The average molecular weight is 927 g/mol. The maximum absolute atomic E-state index is 5.43. The van der Waals surface area contributed by atoms with E-state index in [1.165, 1.54) is 88.0 Å². The number of hydrogen-bond acceptors (Lipinski definition) is 2. The van der Waals surface area contributed by atoms with Crippen molar-refractivity contribution in [3.8, 4) is 78.4 Å². The molecule has 0 N–H and O–H groups in total. The van der Waals surface area contributed by atoms with Crippen LogP contribution in [0.3, 0.4) is 0 Å². The highest BCUT2D eigenvalue weighted by Crippen LogP contribution is 2.58. The van der Waals surface area contributed by atoms with Crippen LogP contribution < -0.4 is 0 Å². The third kappa shape index (κ3) is 7.02. The summed E-state index contributed by atoms with van der Waals surface area (Å²) < 4.78 is 0. The fourth-order valence-electron chi connectivity index (χ4n) is 11.8. The Labute approximate surface area is 425 Å². The number of benzene rings is 12. The van der Waals surface area contributed by atoms with Crippen molar-refractivity contribution in [3.05, 3.63) is 301 Å². The average Bonchev–Trinajstić information content (AvgIpc) is 3.78. The molecule has 1 aliphatic carbocycles. The molecule has 0 radical (unpaired) electrons. The summed E-state index contributed by atoms with van der Waals surface area (Å²) in [6.07, 6.45) is 0. The first-order valence-corrected chi connectivity index (χ1v) is 25.1. The maximum atomic E-state index is 5.43. The second-order valence-electron chi connectivity index (χ2n) is 19.2. The first kappa shape index (κ1) is 42.4. The summed E-state index contributed by atoms with van der Waals surface area (Å²) in [7, 11) is 0. The molecule has 73 heavy (non-hydrogen) atoms. The molecule has 0 unspecified atom stereocenters. The Hall–Kier alpha value is -9.50. The largest absolute Gasteiger partial charge is 0.228 e. The lowest BCUT2D eigenvalue weighted by Crippen LogP contribution is -2.29. The minimum Gasteiger partial charge on any atom is -0.228 e. The highest BCUT2D eigenvalue weighted by molar-refractivity contribution is 6.20. The Morgan fingerprint density at radius 3 is 1.41 bits per heavy atom. The van der Waals surface area contributed by atoms with Crippen LogP contribution in [0.25, 0.3) is 111 Å². The van der Waals surface area contributed by atoms with E-state index in [4.69, 9.17) is 9.97 Å². The molecule has 0 saturated heterocycles. The van der Waals surface area contributed by atoms with E-state index in [2.05, 4.69) is 273 Å². The van der Waals surface area contributed by atoms with Crippen LogP contribution in [0, 0.1) is 0 Å². The third-order valence-corrected chi connectivity index (χ3v) is 15.2. The van der Waals surface area contributed by atoms with E-state index in [1.54, 1.807) is 0 Å². The standard InChI is InChI=1S/C71H46N2/c1-4-18-54(19-5-1)70-72-66(46-67(73-70)63-29-16-28-62-60-27-14-15-30-65(60)71(69(62)63,56-21-6-2-7-22-56)57-23-8-3-9-24-57)52-39-35-49(36-40-52)47-31-33-48(34-32-47)50-37-41-53(42-38-50)68-59-26-13-11-20-55(59)45-64-58-25-12-10-17-51(58)43-44-61(64)68/h1-46H. The summed E-state index contributed by atoms with van der Waals surface area (Å²) in [6.45, 7) is 0. The van der Waals surface area contributed by atoms with Gasteiger partial charge in [0.2, 0.25) is 0 Å². The van der Waals surface area contributed by atoms with E-state index in [1.807, 2.05) is 6.07 Å². The maximum Gasteiger partial charge on any atom is 0.160 e. The molecule has 1 aliphatic rings. The Morgan fingerprint density at radius 1 is 0.260 bits per heavy atom. The molecule has 1 heterocycles. The normalized spacial score (nSPS) is 12.5. The summed E-state index contributed by atoms with van der Waals surface area (Å²) in [6, 6.07) is 101. The molecule has 0 amide bonds. The summed E-state index contributed by atoms with van der Waals surface area (Å²) >= 11 is 0. The Kier molecular flexibility index (Phi) is 10.1. The molecular formula is C71H46N2. The molecule has 12 aromatic carbocycles. The predicted molar refractivity (Wildman–Crippen MR) is 304 cm³/mol. The van der Waals surface area contributed by atoms with Gasteiger partial charge in [-0.05, 0) is 111 Å². The second kappa shape index (κ2) is 17.4. The van der Waals surface area contributed by atoms with Crippen LogP contribution >= 0.6 is 0 Å². The van der Waals surface area contributed by atoms with E-state index in [0.29, 0.717) is 5.82 Å². The van der Waals surface area contributed by atoms with E-state index < -0.39 is 5.41 Å². The molecule has 0 atom stereocenters. The Morgan fingerprint density at radius 2 is 0.753 bits per heavy atom. The van der Waals surface area contributed by atoms with Crippen LogP contribution in [-0.2, 0) is 5.41 Å². The Bertz CT molecular complexity index is 4160. The van der Waals surface area contributed by atoms with Gasteiger partial charge in [0.1, 0.15) is 0 Å². The van der Waals surface area contributed by atoms with Gasteiger partial charge in [-0.1, -0.05) is 267 Å². The van der Waals surface area contributed by atoms with Crippen molar-refractivity contribution in [3.63, 3.8) is 0 Å².